The fourth-order valence-electron chi connectivity index (χ4n) is 2.78. The van der Waals surface area contributed by atoms with Gasteiger partial charge < -0.3 is 10.1 Å². The van der Waals surface area contributed by atoms with Crippen LogP contribution < -0.4 is 5.32 Å². The van der Waals surface area contributed by atoms with Crippen molar-refractivity contribution in [2.24, 2.45) is 0 Å². The molecule has 132 valence electrons. The summed E-state index contributed by atoms with van der Waals surface area (Å²) < 4.78 is 5.16. The summed E-state index contributed by atoms with van der Waals surface area (Å²) in [4.78, 5) is 11.7. The van der Waals surface area contributed by atoms with Crippen LogP contribution in [0.3, 0.4) is 0 Å². The van der Waals surface area contributed by atoms with Crippen LogP contribution in [-0.2, 0) is 16.8 Å². The lowest BCUT2D eigenvalue weighted by Crippen LogP contribution is -2.24. The van der Waals surface area contributed by atoms with Crippen molar-refractivity contribution < 1.29 is 9.53 Å². The van der Waals surface area contributed by atoms with Crippen molar-refractivity contribution in [1.82, 2.24) is 5.32 Å². The van der Waals surface area contributed by atoms with Crippen molar-refractivity contribution >= 4 is 12.2 Å². The lowest BCUT2D eigenvalue weighted by atomic mass is 9.96. The van der Waals surface area contributed by atoms with Gasteiger partial charge in [-0.2, -0.15) is 5.26 Å². The van der Waals surface area contributed by atoms with Gasteiger partial charge in [-0.3, -0.25) is 0 Å². The molecule has 0 atom stereocenters. The molecule has 0 heterocycles. The molecule has 0 radical (unpaired) electrons. The number of hydrogen-bond donors (Lipinski definition) is 1. The molecule has 1 aliphatic rings. The van der Waals surface area contributed by atoms with Gasteiger partial charge >= 0.3 is 6.09 Å². The van der Waals surface area contributed by atoms with Crippen LogP contribution in [0.1, 0.15) is 36.0 Å². The molecular formula is C22H22N2O2. The van der Waals surface area contributed by atoms with E-state index in [1.165, 1.54) is 0 Å². The summed E-state index contributed by atoms with van der Waals surface area (Å²) in [7, 11) is 0. The molecule has 1 amide bonds. The van der Waals surface area contributed by atoms with Gasteiger partial charge in [-0.1, -0.05) is 66.7 Å². The summed E-state index contributed by atoms with van der Waals surface area (Å²) in [6, 6.07) is 20.1. The Morgan fingerprint density at radius 3 is 2.73 bits per heavy atom. The molecule has 4 nitrogen and oxygen atoms in total. The third-order valence-corrected chi connectivity index (χ3v) is 4.51. The Hall–Kier alpha value is -3.06. The molecule has 1 saturated carbocycles. The second kappa shape index (κ2) is 8.35. The van der Waals surface area contributed by atoms with Gasteiger partial charge in [-0.15, -0.1) is 0 Å². The zero-order valence-corrected chi connectivity index (χ0v) is 14.7. The second-order valence-corrected chi connectivity index (χ2v) is 6.50. The number of ether oxygens (including phenoxy) is 1. The third-order valence-electron chi connectivity index (χ3n) is 4.51. The molecule has 3 rings (SSSR count). The minimum atomic E-state index is -0.408. The first-order valence-corrected chi connectivity index (χ1v) is 8.85. The minimum Gasteiger partial charge on any atom is -0.445 e. The Morgan fingerprint density at radius 1 is 1.19 bits per heavy atom. The number of benzene rings is 2. The fourth-order valence-corrected chi connectivity index (χ4v) is 2.78. The monoisotopic (exact) mass is 346 g/mol. The van der Waals surface area contributed by atoms with Crippen LogP contribution in [0.5, 0.6) is 0 Å². The van der Waals surface area contributed by atoms with Crippen LogP contribution in [0.4, 0.5) is 4.79 Å². The summed E-state index contributed by atoms with van der Waals surface area (Å²) in [5.41, 5.74) is 2.89. The van der Waals surface area contributed by atoms with E-state index in [4.69, 9.17) is 4.74 Å². The van der Waals surface area contributed by atoms with Crippen LogP contribution in [0, 0.1) is 11.3 Å². The first-order valence-electron chi connectivity index (χ1n) is 8.85. The zero-order chi connectivity index (χ0) is 18.2. The number of alkyl carbamates (subject to hydrolysis) is 1. The molecule has 0 aliphatic heterocycles. The molecule has 0 spiro atoms. The molecule has 0 unspecified atom stereocenters. The first-order chi connectivity index (χ1) is 12.7. The van der Waals surface area contributed by atoms with Gasteiger partial charge in [0, 0.05) is 6.54 Å². The summed E-state index contributed by atoms with van der Waals surface area (Å²) in [5, 5.41) is 12.0. The number of amides is 1. The van der Waals surface area contributed by atoms with Crippen LogP contribution in [-0.4, -0.2) is 12.6 Å². The van der Waals surface area contributed by atoms with Gasteiger partial charge in [0.25, 0.3) is 0 Å². The van der Waals surface area contributed by atoms with Gasteiger partial charge in [-0.05, 0) is 36.0 Å². The predicted octanol–water partition coefficient (Wildman–Crippen LogP) is 4.57. The highest BCUT2D eigenvalue weighted by molar-refractivity contribution is 5.67. The van der Waals surface area contributed by atoms with Crippen LogP contribution in [0.25, 0.3) is 6.08 Å². The van der Waals surface area contributed by atoms with E-state index in [2.05, 4.69) is 17.5 Å². The summed E-state index contributed by atoms with van der Waals surface area (Å²) in [6.07, 6.45) is 6.25. The molecule has 1 N–H and O–H groups in total. The maximum atomic E-state index is 11.7. The largest absolute Gasteiger partial charge is 0.445 e. The van der Waals surface area contributed by atoms with E-state index in [0.717, 1.165) is 29.5 Å². The molecular weight excluding hydrogens is 324 g/mol. The average molecular weight is 346 g/mol. The van der Waals surface area contributed by atoms with Crippen molar-refractivity contribution in [2.75, 3.05) is 6.54 Å². The van der Waals surface area contributed by atoms with E-state index in [0.29, 0.717) is 13.0 Å². The average Bonchev–Trinajstić information content (AvgIpc) is 3.49. The number of carbonyl (C=O) groups excluding carboxylic acids is 1. The normalized spacial score (nSPS) is 14.6. The molecule has 0 saturated heterocycles. The van der Waals surface area contributed by atoms with Crippen LogP contribution in [0.2, 0.25) is 0 Å². The topological polar surface area (TPSA) is 62.1 Å². The number of nitriles is 1. The van der Waals surface area contributed by atoms with Crippen molar-refractivity contribution in [2.45, 2.75) is 31.3 Å². The van der Waals surface area contributed by atoms with Gasteiger partial charge in [0.1, 0.15) is 6.61 Å². The SMILES string of the molecule is N#CC1(c2cccc(C=CCCNC(=O)OCc3ccccc3)c2)CC1. The van der Waals surface area contributed by atoms with E-state index in [1.54, 1.807) is 0 Å². The maximum Gasteiger partial charge on any atom is 0.407 e. The molecule has 26 heavy (non-hydrogen) atoms. The minimum absolute atomic E-state index is 0.256. The first kappa shape index (κ1) is 17.8. The molecule has 2 aromatic rings. The number of nitrogens with one attached hydrogen (secondary N) is 1. The summed E-state index contributed by atoms with van der Waals surface area (Å²) in [5.74, 6) is 0. The number of hydrogen-bond acceptors (Lipinski definition) is 3. The Morgan fingerprint density at radius 2 is 2.00 bits per heavy atom. The van der Waals surface area contributed by atoms with Gasteiger partial charge in [-0.25, -0.2) is 4.79 Å². The van der Waals surface area contributed by atoms with Gasteiger partial charge in [0.05, 0.1) is 11.5 Å². The molecule has 0 bridgehead atoms. The summed E-state index contributed by atoms with van der Waals surface area (Å²) >= 11 is 0. The standard InChI is InChI=1S/C22H22N2O2/c23-17-22(12-13-22)20-11-6-10-18(15-20)7-4-5-14-24-21(25)26-16-19-8-2-1-3-9-19/h1-4,6-11,15H,5,12-14,16H2,(H,24,25). The van der Waals surface area contributed by atoms with Gasteiger partial charge in [0.15, 0.2) is 0 Å². The highest BCUT2D eigenvalue weighted by atomic mass is 16.5. The number of rotatable bonds is 7. The lowest BCUT2D eigenvalue weighted by Gasteiger charge is -2.07. The Balaban J connectivity index is 1.39. The maximum absolute atomic E-state index is 11.7. The van der Waals surface area contributed by atoms with Crippen molar-refractivity contribution in [1.29, 1.82) is 5.26 Å². The molecule has 0 aromatic heterocycles. The van der Waals surface area contributed by atoms with E-state index in [1.807, 2.05) is 60.7 Å². The van der Waals surface area contributed by atoms with E-state index < -0.39 is 6.09 Å². The highest BCUT2D eigenvalue weighted by Crippen LogP contribution is 2.47. The Labute approximate surface area is 154 Å². The fraction of sp³-hybridized carbons (Fsp3) is 0.273. The van der Waals surface area contributed by atoms with Crippen LogP contribution in [0.15, 0.2) is 60.7 Å². The van der Waals surface area contributed by atoms with Crippen molar-refractivity contribution in [3.05, 3.63) is 77.4 Å². The van der Waals surface area contributed by atoms with Gasteiger partial charge in [0.2, 0.25) is 0 Å². The third kappa shape index (κ3) is 4.73. The number of carbonyl (C=O) groups is 1. The highest BCUT2D eigenvalue weighted by Gasteiger charge is 2.44. The number of nitrogens with zero attached hydrogens (tertiary/aromatic N) is 1. The predicted molar refractivity (Wildman–Crippen MR) is 101 cm³/mol. The van der Waals surface area contributed by atoms with E-state index in [9.17, 15) is 10.1 Å². The van der Waals surface area contributed by atoms with Crippen LogP contribution >= 0.6 is 0 Å². The Kier molecular flexibility index (Phi) is 5.70. The van der Waals surface area contributed by atoms with Crippen molar-refractivity contribution in [3.8, 4) is 6.07 Å². The van der Waals surface area contributed by atoms with E-state index in [-0.39, 0.29) is 12.0 Å². The molecule has 1 fully saturated rings. The zero-order valence-electron chi connectivity index (χ0n) is 14.7. The smallest absolute Gasteiger partial charge is 0.407 e. The second-order valence-electron chi connectivity index (χ2n) is 6.50. The van der Waals surface area contributed by atoms with Crippen molar-refractivity contribution in [3.63, 3.8) is 0 Å². The molecule has 2 aromatic carbocycles. The summed E-state index contributed by atoms with van der Waals surface area (Å²) in [6.45, 7) is 0.794. The molecule has 1 aliphatic carbocycles. The lowest BCUT2D eigenvalue weighted by molar-refractivity contribution is 0.140. The Bertz CT molecular complexity index is 818. The quantitative estimate of drug-likeness (QED) is 0.747. The molecule has 4 heteroatoms. The van der Waals surface area contributed by atoms with E-state index >= 15 is 0 Å².